The van der Waals surface area contributed by atoms with E-state index >= 15 is 0 Å². The van der Waals surface area contributed by atoms with E-state index in [0.717, 1.165) is 0 Å². The molecule has 28 heavy (non-hydrogen) atoms. The molecule has 0 fully saturated rings. The number of rotatable bonds is 7. The lowest BCUT2D eigenvalue weighted by molar-refractivity contribution is -0.141. The van der Waals surface area contributed by atoms with E-state index in [-0.39, 0.29) is 22.8 Å². The molecule has 0 saturated heterocycles. The molecule has 2 aromatic rings. The van der Waals surface area contributed by atoms with E-state index in [2.05, 4.69) is 25.3 Å². The Hall–Kier alpha value is -3.57. The Morgan fingerprint density at radius 2 is 1.89 bits per heavy atom. The van der Waals surface area contributed by atoms with E-state index in [1.54, 1.807) is 0 Å². The molecule has 0 aliphatic carbocycles. The van der Waals surface area contributed by atoms with Crippen molar-refractivity contribution in [2.24, 2.45) is 0 Å². The number of alkyl halides is 3. The summed E-state index contributed by atoms with van der Waals surface area (Å²) in [5.41, 5.74) is -0.880. The Morgan fingerprint density at radius 1 is 1.18 bits per heavy atom. The number of nitrogens with zero attached hydrogens (tertiary/aromatic N) is 2. The van der Waals surface area contributed by atoms with Crippen LogP contribution in [0.25, 0.3) is 0 Å². The molecule has 12 heteroatoms. The van der Waals surface area contributed by atoms with Crippen molar-refractivity contribution in [3.05, 3.63) is 35.5 Å². The largest absolute Gasteiger partial charge is 0.496 e. The Balaban J connectivity index is 2.37. The lowest BCUT2D eigenvalue weighted by Crippen LogP contribution is -2.17. The van der Waals surface area contributed by atoms with Crippen molar-refractivity contribution in [2.75, 3.05) is 31.4 Å². The van der Waals surface area contributed by atoms with Crippen LogP contribution in [0.2, 0.25) is 0 Å². The summed E-state index contributed by atoms with van der Waals surface area (Å²) in [4.78, 5) is 29.3. The van der Waals surface area contributed by atoms with Crippen LogP contribution in [0.3, 0.4) is 0 Å². The van der Waals surface area contributed by atoms with Crippen molar-refractivity contribution in [3.63, 3.8) is 0 Å². The molecule has 0 bridgehead atoms. The number of carbonyl (C=O) groups is 2. The molecule has 150 valence electrons. The van der Waals surface area contributed by atoms with Crippen LogP contribution in [0.15, 0.2) is 24.3 Å². The van der Waals surface area contributed by atoms with Crippen molar-refractivity contribution in [3.8, 4) is 5.75 Å². The van der Waals surface area contributed by atoms with Crippen molar-refractivity contribution in [1.29, 1.82) is 0 Å². The molecule has 0 aliphatic heterocycles. The molecule has 1 aromatic heterocycles. The van der Waals surface area contributed by atoms with Gasteiger partial charge in [0, 0.05) is 17.8 Å². The first-order valence-electron chi connectivity index (χ1n) is 7.59. The number of nitrogens with one attached hydrogen (secondary N) is 2. The number of carboxylic acids is 1. The molecule has 3 N–H and O–H groups in total. The summed E-state index contributed by atoms with van der Waals surface area (Å²) >= 11 is 0. The van der Waals surface area contributed by atoms with E-state index in [0.29, 0.717) is 6.07 Å². The van der Waals surface area contributed by atoms with Gasteiger partial charge in [0.1, 0.15) is 23.7 Å². The van der Waals surface area contributed by atoms with Crippen LogP contribution in [0.5, 0.6) is 5.75 Å². The second-order valence-electron chi connectivity index (χ2n) is 5.24. The fourth-order valence-corrected chi connectivity index (χ4v) is 2.09. The number of hydrogen-bond donors (Lipinski definition) is 3. The highest BCUT2D eigenvalue weighted by atomic mass is 19.4. The summed E-state index contributed by atoms with van der Waals surface area (Å²) in [5, 5.41) is 13.5. The average molecular weight is 400 g/mol. The third-order valence-electron chi connectivity index (χ3n) is 3.29. The summed E-state index contributed by atoms with van der Waals surface area (Å²) in [6, 6.07) is 4.80. The van der Waals surface area contributed by atoms with Crippen molar-refractivity contribution >= 4 is 29.4 Å². The standard InChI is InChI=1S/C16H15F3N4O5/c1-27-10-5-8(3-4-9(10)14(26)28-2)21-12-6-11(16(17,18)19)22-15(23-12)20-7-13(24)25/h3-6H,7H2,1-2H3,(H,24,25)(H2,20,21,22,23). The van der Waals surface area contributed by atoms with Gasteiger partial charge in [-0.3, -0.25) is 4.79 Å². The predicted octanol–water partition coefficient (Wildman–Crippen LogP) is 2.53. The number of hydrogen-bond acceptors (Lipinski definition) is 8. The molecule has 0 atom stereocenters. The van der Waals surface area contributed by atoms with Crippen LogP contribution in [-0.4, -0.2) is 47.8 Å². The number of ether oxygens (including phenoxy) is 2. The summed E-state index contributed by atoms with van der Waals surface area (Å²) < 4.78 is 48.8. The minimum atomic E-state index is -4.77. The Bertz CT molecular complexity index is 889. The maximum atomic E-state index is 13.1. The minimum Gasteiger partial charge on any atom is -0.496 e. The van der Waals surface area contributed by atoms with Gasteiger partial charge in [0.15, 0.2) is 5.69 Å². The summed E-state index contributed by atoms with van der Waals surface area (Å²) in [5.74, 6) is -2.57. The van der Waals surface area contributed by atoms with Gasteiger partial charge in [-0.15, -0.1) is 0 Å². The second-order valence-corrected chi connectivity index (χ2v) is 5.24. The lowest BCUT2D eigenvalue weighted by Gasteiger charge is -2.13. The van der Waals surface area contributed by atoms with Crippen molar-refractivity contribution in [2.45, 2.75) is 6.18 Å². The fourth-order valence-electron chi connectivity index (χ4n) is 2.09. The zero-order chi connectivity index (χ0) is 20.9. The molecule has 0 amide bonds. The van der Waals surface area contributed by atoms with Crippen LogP contribution < -0.4 is 15.4 Å². The summed E-state index contributed by atoms with van der Waals surface area (Å²) in [6.07, 6.45) is -4.77. The molecule has 0 radical (unpaired) electrons. The van der Waals surface area contributed by atoms with Crippen molar-refractivity contribution in [1.82, 2.24) is 9.97 Å². The highest BCUT2D eigenvalue weighted by molar-refractivity contribution is 5.93. The first kappa shape index (κ1) is 20.7. The molecule has 9 nitrogen and oxygen atoms in total. The summed E-state index contributed by atoms with van der Waals surface area (Å²) in [7, 11) is 2.51. The van der Waals surface area contributed by atoms with E-state index in [4.69, 9.17) is 9.84 Å². The second kappa shape index (κ2) is 8.41. The third kappa shape index (κ3) is 5.22. The third-order valence-corrected chi connectivity index (χ3v) is 3.29. The molecule has 1 heterocycles. The highest BCUT2D eigenvalue weighted by Crippen LogP contribution is 2.31. The van der Waals surface area contributed by atoms with Gasteiger partial charge in [0.25, 0.3) is 0 Å². The number of esters is 1. The zero-order valence-electron chi connectivity index (χ0n) is 14.6. The maximum absolute atomic E-state index is 13.1. The van der Waals surface area contributed by atoms with Crippen LogP contribution in [0.1, 0.15) is 16.1 Å². The van der Waals surface area contributed by atoms with Gasteiger partial charge in [-0.1, -0.05) is 0 Å². The number of carbonyl (C=O) groups excluding carboxylic acids is 1. The van der Waals surface area contributed by atoms with Gasteiger partial charge in [-0.2, -0.15) is 18.2 Å². The molecule has 0 spiro atoms. The Labute approximate surface area is 156 Å². The average Bonchev–Trinajstić information content (AvgIpc) is 2.64. The minimum absolute atomic E-state index is 0.123. The number of methoxy groups -OCH3 is 2. The lowest BCUT2D eigenvalue weighted by atomic mass is 10.2. The quantitative estimate of drug-likeness (QED) is 0.602. The number of carboxylic acid groups (broad SMARTS) is 1. The Kier molecular flexibility index (Phi) is 6.23. The van der Waals surface area contributed by atoms with E-state index in [1.807, 2.05) is 0 Å². The predicted molar refractivity (Wildman–Crippen MR) is 90.8 cm³/mol. The normalized spacial score (nSPS) is 10.9. The first-order chi connectivity index (χ1) is 13.1. The van der Waals surface area contributed by atoms with Gasteiger partial charge in [-0.05, 0) is 12.1 Å². The first-order valence-corrected chi connectivity index (χ1v) is 7.59. The molecular weight excluding hydrogens is 385 g/mol. The monoisotopic (exact) mass is 400 g/mol. The molecule has 0 unspecified atom stereocenters. The molecular formula is C16H15F3N4O5. The van der Waals surface area contributed by atoms with E-state index in [1.165, 1.54) is 32.4 Å². The van der Waals surface area contributed by atoms with Crippen LogP contribution in [0.4, 0.5) is 30.6 Å². The van der Waals surface area contributed by atoms with E-state index < -0.39 is 36.3 Å². The van der Waals surface area contributed by atoms with Gasteiger partial charge < -0.3 is 25.2 Å². The van der Waals surface area contributed by atoms with Crippen molar-refractivity contribution < 1.29 is 37.3 Å². The number of halogens is 3. The smallest absolute Gasteiger partial charge is 0.433 e. The number of aromatic nitrogens is 2. The molecule has 1 aromatic carbocycles. The topological polar surface area (TPSA) is 123 Å². The molecule has 2 rings (SSSR count). The fraction of sp³-hybridized carbons (Fsp3) is 0.250. The number of anilines is 3. The number of benzene rings is 1. The summed E-state index contributed by atoms with van der Waals surface area (Å²) in [6.45, 7) is -0.664. The van der Waals surface area contributed by atoms with E-state index in [9.17, 15) is 22.8 Å². The zero-order valence-corrected chi connectivity index (χ0v) is 14.6. The highest BCUT2D eigenvalue weighted by Gasteiger charge is 2.34. The van der Waals surface area contributed by atoms with Gasteiger partial charge >= 0.3 is 18.1 Å². The van der Waals surface area contributed by atoms with Crippen LogP contribution in [0, 0.1) is 0 Å². The van der Waals surface area contributed by atoms with Gasteiger partial charge in [-0.25, -0.2) is 9.78 Å². The van der Waals surface area contributed by atoms with Crippen LogP contribution >= 0.6 is 0 Å². The Morgan fingerprint density at radius 3 is 2.46 bits per heavy atom. The molecule has 0 saturated carbocycles. The maximum Gasteiger partial charge on any atom is 0.433 e. The van der Waals surface area contributed by atoms with Gasteiger partial charge in [0.05, 0.1) is 14.2 Å². The SMILES string of the molecule is COC(=O)c1ccc(Nc2cc(C(F)(F)F)nc(NCC(=O)O)n2)cc1OC. The number of aliphatic carboxylic acids is 1. The molecule has 0 aliphatic rings. The van der Waals surface area contributed by atoms with Crippen LogP contribution in [-0.2, 0) is 15.7 Å². The van der Waals surface area contributed by atoms with Gasteiger partial charge in [0.2, 0.25) is 5.95 Å².